The van der Waals surface area contributed by atoms with E-state index in [0.29, 0.717) is 24.0 Å². The predicted octanol–water partition coefficient (Wildman–Crippen LogP) is 4.42. The number of Topliss-reactive ketones (excluding diaryl/α,β-unsaturated/α-hetero) is 1. The Labute approximate surface area is 220 Å². The van der Waals surface area contributed by atoms with Crippen molar-refractivity contribution in [2.45, 2.75) is 97.1 Å². The van der Waals surface area contributed by atoms with E-state index in [0.717, 1.165) is 5.57 Å². The molecule has 2 bridgehead atoms. The molecule has 37 heavy (non-hydrogen) atoms. The number of epoxide rings is 1. The molecule has 2 saturated heterocycles. The summed E-state index contributed by atoms with van der Waals surface area (Å²) in [5.74, 6) is -1.20. The predicted molar refractivity (Wildman–Crippen MR) is 142 cm³/mol. The molecule has 0 unspecified atom stereocenters. The van der Waals surface area contributed by atoms with Gasteiger partial charge in [-0.05, 0) is 51.3 Å². The average molecular weight is 515 g/mol. The number of cyclic esters (lactones) is 1. The number of ether oxygens (including phenoxy) is 4. The highest BCUT2D eigenvalue weighted by Crippen LogP contribution is 2.33. The zero-order chi connectivity index (χ0) is 27.3. The Hall–Kier alpha value is -2.32. The molecule has 0 saturated carbocycles. The van der Waals surface area contributed by atoms with E-state index in [9.17, 15) is 14.7 Å². The zero-order valence-electron chi connectivity index (χ0n) is 23.0. The lowest BCUT2D eigenvalue weighted by molar-refractivity contribution is -0.146. The number of esters is 1. The van der Waals surface area contributed by atoms with Gasteiger partial charge < -0.3 is 24.1 Å². The van der Waals surface area contributed by atoms with E-state index in [-0.39, 0.29) is 42.2 Å². The molecule has 2 fully saturated rings. The maximum atomic E-state index is 13.1. The highest BCUT2D eigenvalue weighted by molar-refractivity contribution is 5.99. The third-order valence-electron chi connectivity index (χ3n) is 7.48. The van der Waals surface area contributed by atoms with Crippen LogP contribution >= 0.6 is 0 Å². The number of hydrogen-bond acceptors (Lipinski definition) is 7. The first-order chi connectivity index (χ1) is 17.5. The number of aliphatic hydroxyl groups excluding tert-OH is 1. The van der Waals surface area contributed by atoms with Crippen LogP contribution in [0.5, 0.6) is 0 Å². The summed E-state index contributed by atoms with van der Waals surface area (Å²) in [6.45, 7) is 11.0. The zero-order valence-corrected chi connectivity index (χ0v) is 23.0. The van der Waals surface area contributed by atoms with E-state index in [1.165, 1.54) is 0 Å². The minimum Gasteiger partial charge on any atom is -0.454 e. The second kappa shape index (κ2) is 13.0. The number of ketones is 1. The molecule has 3 aliphatic heterocycles. The van der Waals surface area contributed by atoms with Crippen molar-refractivity contribution in [2.24, 2.45) is 11.8 Å². The lowest BCUT2D eigenvalue weighted by Gasteiger charge is -2.26. The number of rotatable bonds is 3. The standard InChI is InChI=1S/C30H42O7/c1-17-10-8-9-11-23(31)18(2)15-28-27(34-7)16-26(36-28)21(5)24(12-13-25-22(6)35-25)37-30(33)20(4)14-19(3)29(17)32/h8-10,12-15,19,21-28,31H,11,16H2,1-7H3/t19-,21-,22+,23+,24+,25+,26+,27-,28-/m0/s1. The average Bonchev–Trinajstić information content (AvgIpc) is 3.42. The molecule has 9 atom stereocenters. The van der Waals surface area contributed by atoms with Gasteiger partial charge in [0.2, 0.25) is 0 Å². The molecule has 0 spiro atoms. The molecule has 0 aromatic rings. The largest absolute Gasteiger partial charge is 0.454 e. The highest BCUT2D eigenvalue weighted by Gasteiger charge is 2.41. The van der Waals surface area contributed by atoms with E-state index >= 15 is 0 Å². The number of allylic oxidation sites excluding steroid dienone is 4. The van der Waals surface area contributed by atoms with Crippen molar-refractivity contribution in [1.82, 2.24) is 0 Å². The third kappa shape index (κ3) is 7.84. The van der Waals surface area contributed by atoms with Crippen LogP contribution in [0, 0.1) is 11.8 Å². The maximum Gasteiger partial charge on any atom is 0.334 e. The Kier molecular flexibility index (Phi) is 10.2. The van der Waals surface area contributed by atoms with Crippen LogP contribution in [0.3, 0.4) is 0 Å². The van der Waals surface area contributed by atoms with Gasteiger partial charge in [0.1, 0.15) is 18.3 Å². The summed E-state index contributed by atoms with van der Waals surface area (Å²) in [6, 6.07) is 0. The molecular formula is C30H42O7. The summed E-state index contributed by atoms with van der Waals surface area (Å²) < 4.78 is 23.6. The van der Waals surface area contributed by atoms with Gasteiger partial charge in [0.25, 0.3) is 0 Å². The minimum absolute atomic E-state index is 0.0107. The molecule has 0 aliphatic carbocycles. The third-order valence-corrected chi connectivity index (χ3v) is 7.48. The lowest BCUT2D eigenvalue weighted by Crippen LogP contribution is -2.33. The van der Waals surface area contributed by atoms with Crippen molar-refractivity contribution in [3.8, 4) is 0 Å². The first kappa shape index (κ1) is 29.2. The second-order valence-corrected chi connectivity index (χ2v) is 10.5. The number of carbonyl (C=O) groups is 2. The van der Waals surface area contributed by atoms with Crippen LogP contribution in [0.1, 0.15) is 54.4 Å². The number of hydrogen-bond donors (Lipinski definition) is 1. The summed E-state index contributed by atoms with van der Waals surface area (Å²) in [7, 11) is 1.66. The normalized spacial score (nSPS) is 38.3. The van der Waals surface area contributed by atoms with Gasteiger partial charge in [-0.2, -0.15) is 0 Å². The second-order valence-electron chi connectivity index (χ2n) is 10.5. The fourth-order valence-corrected chi connectivity index (χ4v) is 4.73. The van der Waals surface area contributed by atoms with Crippen LogP contribution < -0.4 is 0 Å². The molecule has 3 rings (SSSR count). The minimum atomic E-state index is -0.679. The van der Waals surface area contributed by atoms with Crippen molar-refractivity contribution in [1.29, 1.82) is 0 Å². The van der Waals surface area contributed by atoms with Crippen LogP contribution in [0.4, 0.5) is 0 Å². The van der Waals surface area contributed by atoms with Gasteiger partial charge in [-0.25, -0.2) is 4.79 Å². The SMILES string of the molecule is CO[C@H]1C[C@H]2O[C@H]1C=C(C)[C@H](O)CC=CC=C(C)C(=O)[C@@H](C)C=C(C)C(=O)O[C@H](C=C[C@H]1O[C@@H]1C)[C@@H]2C. The molecule has 1 N–H and O–H groups in total. The summed E-state index contributed by atoms with van der Waals surface area (Å²) in [6.07, 6.45) is 12.0. The topological polar surface area (TPSA) is 94.6 Å². The Morgan fingerprint density at radius 1 is 1.00 bits per heavy atom. The monoisotopic (exact) mass is 514 g/mol. The number of fused-ring (bicyclic) bond motifs is 2. The lowest BCUT2D eigenvalue weighted by atomic mass is 9.93. The molecule has 0 aromatic carbocycles. The van der Waals surface area contributed by atoms with Crippen LogP contribution in [-0.4, -0.2) is 66.7 Å². The van der Waals surface area contributed by atoms with Gasteiger partial charge in [-0.3, -0.25) is 4.79 Å². The molecule has 7 nitrogen and oxygen atoms in total. The summed E-state index contributed by atoms with van der Waals surface area (Å²) >= 11 is 0. The summed E-state index contributed by atoms with van der Waals surface area (Å²) in [5.41, 5.74) is 1.74. The smallest absolute Gasteiger partial charge is 0.334 e. The molecule has 3 heterocycles. The van der Waals surface area contributed by atoms with Crippen molar-refractivity contribution in [2.75, 3.05) is 7.11 Å². The van der Waals surface area contributed by atoms with E-state index in [4.69, 9.17) is 18.9 Å². The van der Waals surface area contributed by atoms with E-state index in [1.807, 2.05) is 45.1 Å². The Morgan fingerprint density at radius 3 is 2.32 bits per heavy atom. The van der Waals surface area contributed by atoms with Gasteiger partial charge in [-0.1, -0.05) is 50.3 Å². The van der Waals surface area contributed by atoms with E-state index in [2.05, 4.69) is 0 Å². The van der Waals surface area contributed by atoms with Gasteiger partial charge in [0.15, 0.2) is 5.78 Å². The molecule has 0 amide bonds. The Bertz CT molecular complexity index is 988. The number of aliphatic hydroxyl groups is 1. The highest BCUT2D eigenvalue weighted by atomic mass is 16.6. The fraction of sp³-hybridized carbons (Fsp3) is 0.600. The van der Waals surface area contributed by atoms with Gasteiger partial charge >= 0.3 is 5.97 Å². The molecule has 3 aliphatic rings. The quantitative estimate of drug-likeness (QED) is 0.339. The maximum absolute atomic E-state index is 13.1. The summed E-state index contributed by atoms with van der Waals surface area (Å²) in [4.78, 5) is 25.9. The first-order valence-electron chi connectivity index (χ1n) is 13.2. The molecular weight excluding hydrogens is 472 g/mol. The van der Waals surface area contributed by atoms with Crippen LogP contribution in [0.15, 0.2) is 59.3 Å². The molecule has 204 valence electrons. The van der Waals surface area contributed by atoms with Gasteiger partial charge in [0.05, 0.1) is 24.4 Å². The van der Waals surface area contributed by atoms with Crippen LogP contribution in [-0.2, 0) is 28.5 Å². The molecule has 0 radical (unpaired) electrons. The van der Waals surface area contributed by atoms with Crippen molar-refractivity contribution >= 4 is 11.8 Å². The first-order valence-corrected chi connectivity index (χ1v) is 13.2. The Morgan fingerprint density at radius 2 is 1.68 bits per heavy atom. The number of methoxy groups -OCH3 is 1. The van der Waals surface area contributed by atoms with Crippen molar-refractivity contribution < 1.29 is 33.6 Å². The van der Waals surface area contributed by atoms with E-state index < -0.39 is 24.1 Å². The fourth-order valence-electron chi connectivity index (χ4n) is 4.73. The molecule has 0 aromatic heterocycles. The molecule has 7 heteroatoms. The van der Waals surface area contributed by atoms with Crippen molar-refractivity contribution in [3.63, 3.8) is 0 Å². The van der Waals surface area contributed by atoms with Gasteiger partial charge in [-0.15, -0.1) is 0 Å². The van der Waals surface area contributed by atoms with Crippen LogP contribution in [0.2, 0.25) is 0 Å². The summed E-state index contributed by atoms with van der Waals surface area (Å²) in [5, 5.41) is 10.7. The van der Waals surface area contributed by atoms with Gasteiger partial charge in [0, 0.05) is 30.9 Å². The number of carbonyl (C=O) groups excluding carboxylic acids is 2. The van der Waals surface area contributed by atoms with Crippen LogP contribution in [0.25, 0.3) is 0 Å². The van der Waals surface area contributed by atoms with E-state index in [1.54, 1.807) is 46.1 Å². The van der Waals surface area contributed by atoms with Crippen molar-refractivity contribution in [3.05, 3.63) is 59.3 Å². The Balaban J connectivity index is 1.94.